The molecule has 0 radical (unpaired) electrons. The highest BCUT2D eigenvalue weighted by Crippen LogP contribution is 2.23. The van der Waals surface area contributed by atoms with Crippen molar-refractivity contribution in [3.8, 4) is 11.1 Å². The second-order valence-corrected chi connectivity index (χ2v) is 8.96. The number of carbonyl (C=O) groups is 1. The monoisotopic (exact) mass is 478 g/mol. The van der Waals surface area contributed by atoms with Gasteiger partial charge in [0.25, 0.3) is 0 Å². The number of unbranched alkanes of at least 4 members (excludes halogenated alkanes) is 1. The molecule has 1 fully saturated rings. The summed E-state index contributed by atoms with van der Waals surface area (Å²) in [7, 11) is 0. The Labute approximate surface area is 205 Å². The van der Waals surface area contributed by atoms with Gasteiger partial charge in [-0.3, -0.25) is 4.90 Å². The first-order chi connectivity index (χ1) is 17.0. The van der Waals surface area contributed by atoms with Crippen LogP contribution in [0.2, 0.25) is 0 Å². The normalized spacial score (nSPS) is 14.1. The highest BCUT2D eigenvalue weighted by atomic mass is 19.1. The largest absolute Gasteiger partial charge is 0.367 e. The topological polar surface area (TPSA) is 47.6 Å². The molecule has 0 spiro atoms. The average molecular weight is 479 g/mol. The summed E-state index contributed by atoms with van der Waals surface area (Å²) in [6.45, 7) is 6.71. The van der Waals surface area contributed by atoms with Gasteiger partial charge in [-0.25, -0.2) is 13.6 Å². The molecule has 0 aliphatic carbocycles. The van der Waals surface area contributed by atoms with Gasteiger partial charge in [-0.1, -0.05) is 42.0 Å². The lowest BCUT2D eigenvalue weighted by Crippen LogP contribution is -2.47. The average Bonchev–Trinajstić information content (AvgIpc) is 2.85. The molecule has 2 N–H and O–H groups in total. The van der Waals surface area contributed by atoms with E-state index in [9.17, 15) is 13.6 Å². The number of aryl methyl sites for hydroxylation is 1. The number of piperazine rings is 1. The first-order valence-corrected chi connectivity index (χ1v) is 12.1. The predicted molar refractivity (Wildman–Crippen MR) is 138 cm³/mol. The molecule has 35 heavy (non-hydrogen) atoms. The first-order valence-electron chi connectivity index (χ1n) is 12.1. The summed E-state index contributed by atoms with van der Waals surface area (Å²) < 4.78 is 27.1. The Morgan fingerprint density at radius 1 is 0.886 bits per heavy atom. The second kappa shape index (κ2) is 11.8. The number of rotatable bonds is 8. The predicted octanol–water partition coefficient (Wildman–Crippen LogP) is 5.66. The van der Waals surface area contributed by atoms with E-state index in [1.165, 1.54) is 17.7 Å². The van der Waals surface area contributed by atoms with Crippen molar-refractivity contribution in [2.75, 3.05) is 49.5 Å². The molecule has 0 saturated carbocycles. The second-order valence-electron chi connectivity index (χ2n) is 8.96. The molecule has 1 heterocycles. The Morgan fingerprint density at radius 2 is 1.66 bits per heavy atom. The van der Waals surface area contributed by atoms with E-state index < -0.39 is 11.6 Å². The molecule has 5 nitrogen and oxygen atoms in total. The maximum atomic E-state index is 14.0. The summed E-state index contributed by atoms with van der Waals surface area (Å²) in [5.74, 6) is -1.06. The van der Waals surface area contributed by atoms with Crippen molar-refractivity contribution in [3.05, 3.63) is 83.9 Å². The standard InChI is InChI=1S/C28H32F2N4O/c1-21-5-4-6-23(19-21)22-7-10-25(11-8-22)32-28(35)31-13-2-3-14-33-15-17-34(18-16-33)27-12-9-24(29)20-26(27)30/h4-12,19-20H,2-3,13-18H2,1H3,(H2,31,32,35). The van der Waals surface area contributed by atoms with E-state index in [4.69, 9.17) is 0 Å². The van der Waals surface area contributed by atoms with Crippen LogP contribution < -0.4 is 15.5 Å². The minimum atomic E-state index is -0.553. The summed E-state index contributed by atoms with van der Waals surface area (Å²) >= 11 is 0. The van der Waals surface area contributed by atoms with Gasteiger partial charge in [0.15, 0.2) is 0 Å². The molecule has 4 rings (SSSR count). The Kier molecular flexibility index (Phi) is 8.32. The molecule has 1 aliphatic rings. The maximum Gasteiger partial charge on any atom is 0.319 e. The van der Waals surface area contributed by atoms with Gasteiger partial charge in [0, 0.05) is 44.5 Å². The van der Waals surface area contributed by atoms with Crippen LogP contribution in [0.25, 0.3) is 11.1 Å². The van der Waals surface area contributed by atoms with E-state index in [2.05, 4.69) is 40.7 Å². The van der Waals surface area contributed by atoms with Crippen LogP contribution in [-0.4, -0.2) is 50.2 Å². The van der Waals surface area contributed by atoms with Gasteiger partial charge < -0.3 is 15.5 Å². The van der Waals surface area contributed by atoms with E-state index in [1.54, 1.807) is 0 Å². The Morgan fingerprint density at radius 3 is 2.37 bits per heavy atom. The van der Waals surface area contributed by atoms with Crippen molar-refractivity contribution in [1.82, 2.24) is 10.2 Å². The minimum absolute atomic E-state index is 0.205. The third-order valence-corrected chi connectivity index (χ3v) is 6.30. The Hall–Kier alpha value is -3.45. The van der Waals surface area contributed by atoms with Crippen LogP contribution in [0.5, 0.6) is 0 Å². The molecule has 3 aromatic rings. The lowest BCUT2D eigenvalue weighted by atomic mass is 10.0. The number of nitrogens with one attached hydrogen (secondary N) is 2. The molecule has 1 saturated heterocycles. The highest BCUT2D eigenvalue weighted by molar-refractivity contribution is 5.89. The number of hydrogen-bond acceptors (Lipinski definition) is 3. The van der Waals surface area contributed by atoms with Crippen LogP contribution in [0, 0.1) is 18.6 Å². The smallest absolute Gasteiger partial charge is 0.319 e. The first kappa shape index (κ1) is 24.7. The molecular weight excluding hydrogens is 446 g/mol. The summed E-state index contributed by atoms with van der Waals surface area (Å²) in [6.07, 6.45) is 1.85. The van der Waals surface area contributed by atoms with Crippen molar-refractivity contribution in [3.63, 3.8) is 0 Å². The van der Waals surface area contributed by atoms with Gasteiger partial charge in [-0.15, -0.1) is 0 Å². The van der Waals surface area contributed by atoms with Crippen molar-refractivity contribution in [1.29, 1.82) is 0 Å². The zero-order valence-corrected chi connectivity index (χ0v) is 20.1. The molecule has 7 heteroatoms. The Balaban J connectivity index is 1.11. The number of urea groups is 1. The van der Waals surface area contributed by atoms with E-state index in [0.717, 1.165) is 55.4 Å². The number of amides is 2. The zero-order valence-electron chi connectivity index (χ0n) is 20.1. The van der Waals surface area contributed by atoms with Crippen molar-refractivity contribution in [2.24, 2.45) is 0 Å². The van der Waals surface area contributed by atoms with Gasteiger partial charge in [0.05, 0.1) is 5.69 Å². The summed E-state index contributed by atoms with van der Waals surface area (Å²) in [6, 6.07) is 19.7. The molecular formula is C28H32F2N4O. The molecule has 0 unspecified atom stereocenters. The number of nitrogens with zero attached hydrogens (tertiary/aromatic N) is 2. The quantitative estimate of drug-likeness (QED) is 0.411. The fourth-order valence-electron chi connectivity index (χ4n) is 4.36. The molecule has 1 aliphatic heterocycles. The summed E-state index contributed by atoms with van der Waals surface area (Å²) in [5, 5.41) is 5.79. The number of hydrogen-bond donors (Lipinski definition) is 2. The van der Waals surface area contributed by atoms with Crippen molar-refractivity contribution >= 4 is 17.4 Å². The lowest BCUT2D eigenvalue weighted by Gasteiger charge is -2.36. The number of anilines is 2. The highest BCUT2D eigenvalue weighted by Gasteiger charge is 2.19. The maximum absolute atomic E-state index is 14.0. The fraction of sp³-hybridized carbons (Fsp3) is 0.321. The number of carbonyl (C=O) groups excluding carboxylic acids is 1. The zero-order chi connectivity index (χ0) is 24.6. The number of benzene rings is 3. The lowest BCUT2D eigenvalue weighted by molar-refractivity contribution is 0.246. The summed E-state index contributed by atoms with van der Waals surface area (Å²) in [4.78, 5) is 16.5. The van der Waals surface area contributed by atoms with Crippen LogP contribution in [0.3, 0.4) is 0 Å². The minimum Gasteiger partial charge on any atom is -0.367 e. The van der Waals surface area contributed by atoms with Crippen LogP contribution in [0.4, 0.5) is 25.0 Å². The molecule has 0 atom stereocenters. The molecule has 0 aromatic heterocycles. The molecule has 0 bridgehead atoms. The van der Waals surface area contributed by atoms with Gasteiger partial charge in [-0.05, 0) is 61.7 Å². The van der Waals surface area contributed by atoms with Gasteiger partial charge >= 0.3 is 6.03 Å². The van der Waals surface area contributed by atoms with Crippen LogP contribution in [-0.2, 0) is 0 Å². The van der Waals surface area contributed by atoms with E-state index in [0.29, 0.717) is 25.3 Å². The molecule has 2 amide bonds. The molecule has 184 valence electrons. The SMILES string of the molecule is Cc1cccc(-c2ccc(NC(=O)NCCCCN3CCN(c4ccc(F)cc4F)CC3)cc2)c1. The van der Waals surface area contributed by atoms with Gasteiger partial charge in [0.1, 0.15) is 11.6 Å². The van der Waals surface area contributed by atoms with Crippen LogP contribution in [0.15, 0.2) is 66.7 Å². The van der Waals surface area contributed by atoms with Gasteiger partial charge in [-0.2, -0.15) is 0 Å². The van der Waals surface area contributed by atoms with Crippen molar-refractivity contribution < 1.29 is 13.6 Å². The number of halogens is 2. The third kappa shape index (κ3) is 7.02. The molecule has 3 aromatic carbocycles. The third-order valence-electron chi connectivity index (χ3n) is 6.30. The summed E-state index contributed by atoms with van der Waals surface area (Å²) in [5.41, 5.74) is 4.71. The van der Waals surface area contributed by atoms with E-state index >= 15 is 0 Å². The fourth-order valence-corrected chi connectivity index (χ4v) is 4.36. The van der Waals surface area contributed by atoms with Crippen LogP contribution in [0.1, 0.15) is 18.4 Å². The van der Waals surface area contributed by atoms with Crippen molar-refractivity contribution in [2.45, 2.75) is 19.8 Å². The van der Waals surface area contributed by atoms with E-state index in [-0.39, 0.29) is 6.03 Å². The van der Waals surface area contributed by atoms with E-state index in [1.807, 2.05) is 35.2 Å². The van der Waals surface area contributed by atoms with Crippen LogP contribution >= 0.6 is 0 Å². The Bertz CT molecular complexity index is 1130. The van der Waals surface area contributed by atoms with Gasteiger partial charge in [0.2, 0.25) is 0 Å².